The molecule has 0 aliphatic carbocycles. The Kier molecular flexibility index (Phi) is 6.98. The summed E-state index contributed by atoms with van der Waals surface area (Å²) >= 11 is 0. The first-order chi connectivity index (χ1) is 15.6. The van der Waals surface area contributed by atoms with Crippen molar-refractivity contribution < 1.29 is 27.1 Å². The minimum absolute atomic E-state index is 0.0194. The highest BCUT2D eigenvalue weighted by molar-refractivity contribution is 7.92. The van der Waals surface area contributed by atoms with Crippen molar-refractivity contribution in [3.63, 3.8) is 0 Å². The van der Waals surface area contributed by atoms with Gasteiger partial charge in [-0.15, -0.1) is 0 Å². The van der Waals surface area contributed by atoms with Crippen LogP contribution in [-0.2, 0) is 10.0 Å². The zero-order valence-corrected chi connectivity index (χ0v) is 18.9. The lowest BCUT2D eigenvalue weighted by Crippen LogP contribution is -2.20. The van der Waals surface area contributed by atoms with Crippen molar-refractivity contribution in [1.82, 2.24) is 5.32 Å². The van der Waals surface area contributed by atoms with Gasteiger partial charge in [0.1, 0.15) is 16.5 Å². The van der Waals surface area contributed by atoms with Gasteiger partial charge in [0.2, 0.25) is 0 Å². The number of hydrogen-bond acceptors (Lipinski definition) is 5. The van der Waals surface area contributed by atoms with E-state index in [9.17, 15) is 22.4 Å². The highest BCUT2D eigenvalue weighted by atomic mass is 32.2. The normalized spacial score (nSPS) is 10.9. The van der Waals surface area contributed by atoms with E-state index < -0.39 is 27.7 Å². The molecule has 0 fully saturated rings. The molecule has 8 nitrogen and oxygen atoms in total. The van der Waals surface area contributed by atoms with Crippen LogP contribution < -0.4 is 20.1 Å². The second-order valence-corrected chi connectivity index (χ2v) is 8.72. The molecule has 0 aromatic heterocycles. The fourth-order valence-corrected chi connectivity index (χ4v) is 4.23. The molecule has 0 unspecified atom stereocenters. The van der Waals surface area contributed by atoms with Gasteiger partial charge >= 0.3 is 0 Å². The summed E-state index contributed by atoms with van der Waals surface area (Å²) in [7, 11) is -1.41. The number of hydrogen-bond donors (Lipinski definition) is 3. The smallest absolute Gasteiger partial charge is 0.265 e. The summed E-state index contributed by atoms with van der Waals surface area (Å²) in [6.45, 7) is 1.88. The third kappa shape index (κ3) is 5.47. The van der Waals surface area contributed by atoms with E-state index in [1.165, 1.54) is 44.5 Å². The monoisotopic (exact) mass is 471 g/mol. The molecule has 3 rings (SSSR count). The van der Waals surface area contributed by atoms with Gasteiger partial charge in [-0.25, -0.2) is 12.8 Å². The van der Waals surface area contributed by atoms with Crippen molar-refractivity contribution in [2.24, 2.45) is 0 Å². The van der Waals surface area contributed by atoms with Gasteiger partial charge in [0.25, 0.3) is 21.8 Å². The number of halogens is 1. The fraction of sp³-hybridized carbons (Fsp3) is 0.130. The summed E-state index contributed by atoms with van der Waals surface area (Å²) in [6, 6.07) is 14.2. The van der Waals surface area contributed by atoms with E-state index in [4.69, 9.17) is 4.74 Å². The number of rotatable bonds is 7. The molecule has 2 amide bonds. The topological polar surface area (TPSA) is 114 Å². The molecular weight excluding hydrogens is 449 g/mol. The Morgan fingerprint density at radius 2 is 1.58 bits per heavy atom. The number of ether oxygens (including phenoxy) is 1. The van der Waals surface area contributed by atoms with Gasteiger partial charge in [-0.05, 0) is 55.5 Å². The van der Waals surface area contributed by atoms with E-state index >= 15 is 0 Å². The van der Waals surface area contributed by atoms with Gasteiger partial charge in [0, 0.05) is 24.0 Å². The Morgan fingerprint density at radius 3 is 2.21 bits per heavy atom. The lowest BCUT2D eigenvalue weighted by Gasteiger charge is -2.14. The SMILES string of the molecule is CNC(=O)c1cc(NC(=O)c2ccc(OC)c(S(=O)(=O)Nc3ccc(C)cc3)c2)ccc1F. The van der Waals surface area contributed by atoms with Crippen molar-refractivity contribution in [1.29, 1.82) is 0 Å². The van der Waals surface area contributed by atoms with Gasteiger partial charge in [0.05, 0.1) is 12.7 Å². The zero-order valence-electron chi connectivity index (χ0n) is 18.1. The van der Waals surface area contributed by atoms with Crippen molar-refractivity contribution >= 4 is 33.2 Å². The number of amides is 2. The van der Waals surface area contributed by atoms with Gasteiger partial charge in [-0.2, -0.15) is 0 Å². The molecule has 3 N–H and O–H groups in total. The molecule has 33 heavy (non-hydrogen) atoms. The predicted molar refractivity (Wildman–Crippen MR) is 123 cm³/mol. The van der Waals surface area contributed by atoms with Crippen molar-refractivity contribution in [2.45, 2.75) is 11.8 Å². The van der Waals surface area contributed by atoms with E-state index in [2.05, 4.69) is 15.4 Å². The number of carbonyl (C=O) groups is 2. The van der Waals surface area contributed by atoms with E-state index in [0.717, 1.165) is 11.6 Å². The van der Waals surface area contributed by atoms with Crippen LogP contribution in [0.2, 0.25) is 0 Å². The van der Waals surface area contributed by atoms with Gasteiger partial charge in [0.15, 0.2) is 0 Å². The molecule has 0 spiro atoms. The number of anilines is 2. The van der Waals surface area contributed by atoms with E-state index in [0.29, 0.717) is 5.69 Å². The average molecular weight is 472 g/mol. The van der Waals surface area contributed by atoms with Gasteiger partial charge < -0.3 is 15.4 Å². The van der Waals surface area contributed by atoms with Crippen molar-refractivity contribution in [2.75, 3.05) is 24.2 Å². The van der Waals surface area contributed by atoms with Crippen LogP contribution in [0.4, 0.5) is 15.8 Å². The van der Waals surface area contributed by atoms with Gasteiger partial charge in [-0.1, -0.05) is 17.7 Å². The summed E-state index contributed by atoms with van der Waals surface area (Å²) in [6.07, 6.45) is 0. The largest absolute Gasteiger partial charge is 0.495 e. The fourth-order valence-electron chi connectivity index (χ4n) is 2.97. The number of benzene rings is 3. The molecule has 0 aliphatic rings. The van der Waals surface area contributed by atoms with Crippen LogP contribution in [0.15, 0.2) is 65.6 Å². The Balaban J connectivity index is 1.91. The lowest BCUT2D eigenvalue weighted by molar-refractivity contribution is 0.0957. The summed E-state index contributed by atoms with van der Waals surface area (Å²) in [5, 5.41) is 4.85. The second-order valence-electron chi connectivity index (χ2n) is 7.07. The number of sulfonamides is 1. The second kappa shape index (κ2) is 9.70. The maximum absolute atomic E-state index is 13.9. The van der Waals surface area contributed by atoms with E-state index in [-0.39, 0.29) is 27.5 Å². The van der Waals surface area contributed by atoms with E-state index in [1.54, 1.807) is 24.3 Å². The molecule has 0 saturated heterocycles. The Labute approximate surface area is 190 Å². The highest BCUT2D eigenvalue weighted by Crippen LogP contribution is 2.28. The molecule has 0 bridgehead atoms. The first-order valence-corrected chi connectivity index (χ1v) is 11.2. The maximum atomic E-state index is 13.9. The Hall–Kier alpha value is -3.92. The molecule has 3 aromatic rings. The Morgan fingerprint density at radius 1 is 0.909 bits per heavy atom. The molecule has 0 atom stereocenters. The molecule has 172 valence electrons. The quantitative estimate of drug-likeness (QED) is 0.488. The third-order valence-corrected chi connectivity index (χ3v) is 6.12. The van der Waals surface area contributed by atoms with Crippen LogP contribution >= 0.6 is 0 Å². The van der Waals surface area contributed by atoms with Crippen molar-refractivity contribution in [3.8, 4) is 5.75 Å². The van der Waals surface area contributed by atoms with Crippen LogP contribution in [-0.4, -0.2) is 34.4 Å². The van der Waals surface area contributed by atoms with E-state index in [1.807, 2.05) is 6.92 Å². The van der Waals surface area contributed by atoms with Crippen LogP contribution in [0, 0.1) is 12.7 Å². The summed E-state index contributed by atoms with van der Waals surface area (Å²) in [4.78, 5) is 24.3. The summed E-state index contributed by atoms with van der Waals surface area (Å²) < 4.78 is 47.5. The van der Waals surface area contributed by atoms with Crippen LogP contribution in [0.1, 0.15) is 26.3 Å². The molecular formula is C23H22FN3O5S. The van der Waals surface area contributed by atoms with Crippen molar-refractivity contribution in [3.05, 3.63) is 83.2 Å². The molecule has 10 heteroatoms. The number of carbonyl (C=O) groups excluding carboxylic acids is 2. The number of methoxy groups -OCH3 is 1. The Bertz CT molecular complexity index is 1310. The number of nitrogens with one attached hydrogen (secondary N) is 3. The van der Waals surface area contributed by atoms with Crippen LogP contribution in [0.5, 0.6) is 5.75 Å². The first-order valence-electron chi connectivity index (χ1n) is 9.75. The van der Waals surface area contributed by atoms with Crippen LogP contribution in [0.3, 0.4) is 0 Å². The molecule has 0 radical (unpaired) electrons. The maximum Gasteiger partial charge on any atom is 0.265 e. The minimum Gasteiger partial charge on any atom is -0.495 e. The molecule has 0 heterocycles. The molecule has 0 saturated carbocycles. The highest BCUT2D eigenvalue weighted by Gasteiger charge is 2.22. The predicted octanol–water partition coefficient (Wildman–Crippen LogP) is 3.56. The molecule has 0 aliphatic heterocycles. The zero-order chi connectivity index (χ0) is 24.2. The first kappa shape index (κ1) is 23.7. The number of aryl methyl sites for hydroxylation is 1. The minimum atomic E-state index is -4.08. The van der Waals surface area contributed by atoms with Gasteiger partial charge in [-0.3, -0.25) is 14.3 Å². The van der Waals surface area contributed by atoms with Crippen LogP contribution in [0.25, 0.3) is 0 Å². The summed E-state index contributed by atoms with van der Waals surface area (Å²) in [5.74, 6) is -2.00. The average Bonchev–Trinajstić information content (AvgIpc) is 2.80. The third-order valence-electron chi connectivity index (χ3n) is 4.72. The lowest BCUT2D eigenvalue weighted by atomic mass is 10.1. The molecule has 3 aromatic carbocycles. The standard InChI is InChI=1S/C23H22FN3O5S/c1-14-4-7-16(8-5-14)27-33(30,31)21-12-15(6-11-20(21)32-3)22(28)26-17-9-10-19(24)18(13-17)23(29)25-2/h4-13,27H,1-3H3,(H,25,29)(H,26,28). The summed E-state index contributed by atoms with van der Waals surface area (Å²) in [5.41, 5.74) is 1.26.